The summed E-state index contributed by atoms with van der Waals surface area (Å²) < 4.78 is 6.16. The Bertz CT molecular complexity index is 781. The lowest BCUT2D eigenvalue weighted by atomic mass is 10.1. The van der Waals surface area contributed by atoms with Gasteiger partial charge >= 0.3 is 0 Å². The molecule has 0 aliphatic carbocycles. The number of carbonyl (C=O) groups is 2. The van der Waals surface area contributed by atoms with Crippen molar-refractivity contribution in [2.24, 2.45) is 0 Å². The predicted octanol–water partition coefficient (Wildman–Crippen LogP) is 4.43. The predicted molar refractivity (Wildman–Crippen MR) is 94.1 cm³/mol. The molecule has 0 radical (unpaired) electrons. The zero-order chi connectivity index (χ0) is 15.7. The van der Waals surface area contributed by atoms with Gasteiger partial charge in [-0.25, -0.2) is 0 Å². The van der Waals surface area contributed by atoms with E-state index >= 15 is 0 Å². The Morgan fingerprint density at radius 3 is 2.68 bits per heavy atom. The van der Waals surface area contributed by atoms with E-state index in [1.165, 1.54) is 4.90 Å². The topological polar surface area (TPSA) is 50.5 Å². The maximum absolute atomic E-state index is 12.4. The van der Waals surface area contributed by atoms with Crippen LogP contribution in [0.1, 0.15) is 16.9 Å². The number of carbonyl (C=O) groups excluding carboxylic acids is 2. The van der Waals surface area contributed by atoms with Gasteiger partial charge in [-0.1, -0.05) is 24.3 Å². The minimum atomic E-state index is -0.273. The van der Waals surface area contributed by atoms with Crippen LogP contribution in [-0.4, -0.2) is 16.0 Å². The van der Waals surface area contributed by atoms with Gasteiger partial charge in [0.1, 0.15) is 5.76 Å². The van der Waals surface area contributed by atoms with Crippen LogP contribution in [0.3, 0.4) is 0 Å². The summed E-state index contributed by atoms with van der Waals surface area (Å²) in [5, 5.41) is -0.249. The molecule has 4 nitrogen and oxygen atoms in total. The number of nitrogens with zero attached hydrogens (tertiary/aromatic N) is 1. The van der Waals surface area contributed by atoms with Gasteiger partial charge in [0.25, 0.3) is 11.1 Å². The summed E-state index contributed by atoms with van der Waals surface area (Å²) in [6.45, 7) is 2.26. The number of hydrogen-bond donors (Lipinski definition) is 0. The van der Waals surface area contributed by atoms with Crippen LogP contribution in [-0.2, 0) is 11.3 Å². The molecule has 112 valence electrons. The van der Waals surface area contributed by atoms with Crippen molar-refractivity contribution in [1.29, 1.82) is 0 Å². The van der Waals surface area contributed by atoms with Crippen molar-refractivity contribution < 1.29 is 14.0 Å². The maximum atomic E-state index is 12.4. The van der Waals surface area contributed by atoms with E-state index in [0.717, 1.165) is 26.7 Å². The molecule has 1 fully saturated rings. The third kappa shape index (κ3) is 3.12. The van der Waals surface area contributed by atoms with Gasteiger partial charge in [0.15, 0.2) is 3.77 Å². The maximum Gasteiger partial charge on any atom is 0.293 e. The molecule has 3 rings (SSSR count). The molecule has 2 heterocycles. The molecule has 0 saturated carbocycles. The lowest BCUT2D eigenvalue weighted by Crippen LogP contribution is -2.27. The number of rotatable bonds is 3. The second-order valence-electron chi connectivity index (χ2n) is 4.84. The smallest absolute Gasteiger partial charge is 0.293 e. The number of thioether (sulfide) groups is 1. The van der Waals surface area contributed by atoms with Gasteiger partial charge in [0.05, 0.1) is 11.4 Å². The second kappa shape index (κ2) is 6.29. The van der Waals surface area contributed by atoms with Gasteiger partial charge in [0.2, 0.25) is 0 Å². The monoisotopic (exact) mass is 425 g/mol. The van der Waals surface area contributed by atoms with E-state index in [4.69, 9.17) is 4.42 Å². The van der Waals surface area contributed by atoms with Crippen LogP contribution in [0.15, 0.2) is 45.7 Å². The normalized spacial score (nSPS) is 16.8. The third-order valence-corrected chi connectivity index (χ3v) is 4.82. The molecule has 1 aromatic carbocycles. The number of amides is 2. The van der Waals surface area contributed by atoms with Crippen LogP contribution in [0.5, 0.6) is 0 Å². The first kappa shape index (κ1) is 15.4. The highest BCUT2D eigenvalue weighted by Gasteiger charge is 2.35. The van der Waals surface area contributed by atoms with Gasteiger partial charge in [-0.3, -0.25) is 14.5 Å². The van der Waals surface area contributed by atoms with E-state index in [1.54, 1.807) is 12.1 Å². The average molecular weight is 425 g/mol. The SMILES string of the molecule is Cc1ccccc1CN1C(=O)S/C(=C\c2ccc(I)o2)C1=O. The first-order valence-electron chi connectivity index (χ1n) is 6.60. The Balaban J connectivity index is 1.83. The molecule has 2 aromatic rings. The summed E-state index contributed by atoms with van der Waals surface area (Å²) in [6, 6.07) is 11.3. The van der Waals surface area contributed by atoms with Gasteiger partial charge in [-0.2, -0.15) is 0 Å². The van der Waals surface area contributed by atoms with E-state index in [2.05, 4.69) is 22.6 Å². The van der Waals surface area contributed by atoms with Gasteiger partial charge in [-0.15, -0.1) is 0 Å². The minimum absolute atomic E-state index is 0.249. The highest BCUT2D eigenvalue weighted by molar-refractivity contribution is 14.1. The van der Waals surface area contributed by atoms with Gasteiger partial charge < -0.3 is 4.42 Å². The van der Waals surface area contributed by atoms with Gasteiger partial charge in [0, 0.05) is 6.08 Å². The first-order valence-corrected chi connectivity index (χ1v) is 8.49. The molecule has 1 aliphatic rings. The fourth-order valence-corrected chi connectivity index (χ4v) is 3.38. The number of halogens is 1. The lowest BCUT2D eigenvalue weighted by Gasteiger charge is -2.14. The Morgan fingerprint density at radius 1 is 1.23 bits per heavy atom. The summed E-state index contributed by atoms with van der Waals surface area (Å²) in [6.07, 6.45) is 1.62. The van der Waals surface area contributed by atoms with Crippen LogP contribution in [0.4, 0.5) is 4.79 Å². The lowest BCUT2D eigenvalue weighted by molar-refractivity contribution is -0.123. The molecule has 1 aliphatic heterocycles. The Morgan fingerprint density at radius 2 is 2.00 bits per heavy atom. The zero-order valence-electron chi connectivity index (χ0n) is 11.7. The molecule has 0 N–H and O–H groups in total. The van der Waals surface area contributed by atoms with Crippen LogP contribution in [0.2, 0.25) is 0 Å². The molecule has 1 aromatic heterocycles. The molecule has 0 bridgehead atoms. The molecule has 1 saturated heterocycles. The Kier molecular flexibility index (Phi) is 4.39. The number of imide groups is 1. The second-order valence-corrected chi connectivity index (χ2v) is 6.89. The molecule has 2 amide bonds. The van der Waals surface area contributed by atoms with Crippen molar-refractivity contribution in [3.8, 4) is 0 Å². The quantitative estimate of drug-likeness (QED) is 0.540. The largest absolute Gasteiger partial charge is 0.451 e. The Labute approximate surface area is 145 Å². The van der Waals surface area contributed by atoms with E-state index in [1.807, 2.05) is 37.3 Å². The average Bonchev–Trinajstić information content (AvgIpc) is 3.00. The van der Waals surface area contributed by atoms with Gasteiger partial charge in [-0.05, 0) is 64.5 Å². The van der Waals surface area contributed by atoms with Crippen LogP contribution < -0.4 is 0 Å². The van der Waals surface area contributed by atoms with Crippen molar-refractivity contribution >= 4 is 51.6 Å². The summed E-state index contributed by atoms with van der Waals surface area (Å²) in [5.74, 6) is 0.301. The number of aryl methyl sites for hydroxylation is 1. The fraction of sp³-hybridized carbons (Fsp3) is 0.125. The first-order chi connectivity index (χ1) is 10.5. The highest BCUT2D eigenvalue weighted by Crippen LogP contribution is 2.33. The van der Waals surface area contributed by atoms with Crippen LogP contribution >= 0.6 is 34.4 Å². The van der Waals surface area contributed by atoms with E-state index in [-0.39, 0.29) is 11.1 Å². The van der Waals surface area contributed by atoms with Crippen molar-refractivity contribution in [1.82, 2.24) is 4.90 Å². The fourth-order valence-electron chi connectivity index (χ4n) is 2.13. The third-order valence-electron chi connectivity index (χ3n) is 3.33. The van der Waals surface area contributed by atoms with Crippen molar-refractivity contribution in [3.05, 3.63) is 62.0 Å². The summed E-state index contributed by atoms with van der Waals surface area (Å²) in [7, 11) is 0. The molecular formula is C16H12INO3S. The molecular weight excluding hydrogens is 413 g/mol. The van der Waals surface area contributed by atoms with Crippen molar-refractivity contribution in [2.45, 2.75) is 13.5 Å². The summed E-state index contributed by atoms with van der Waals surface area (Å²) in [4.78, 5) is 26.2. The number of hydrogen-bond acceptors (Lipinski definition) is 4. The molecule has 6 heteroatoms. The standard InChI is InChI=1S/C16H12INO3S/c1-10-4-2-3-5-11(10)9-18-15(19)13(22-16(18)20)8-12-6-7-14(17)21-12/h2-8H,9H2,1H3/b13-8-. The van der Waals surface area contributed by atoms with Crippen LogP contribution in [0.25, 0.3) is 6.08 Å². The minimum Gasteiger partial charge on any atom is -0.451 e. The number of benzene rings is 1. The highest BCUT2D eigenvalue weighted by atomic mass is 127. The Hall–Kier alpha value is -1.54. The summed E-state index contributed by atoms with van der Waals surface area (Å²) in [5.41, 5.74) is 2.03. The zero-order valence-corrected chi connectivity index (χ0v) is 14.7. The summed E-state index contributed by atoms with van der Waals surface area (Å²) >= 11 is 3.00. The van der Waals surface area contributed by atoms with Crippen molar-refractivity contribution in [2.75, 3.05) is 0 Å². The molecule has 0 atom stereocenters. The van der Waals surface area contributed by atoms with E-state index in [0.29, 0.717) is 17.2 Å². The van der Waals surface area contributed by atoms with Crippen LogP contribution in [0, 0.1) is 10.7 Å². The number of furan rings is 1. The molecule has 22 heavy (non-hydrogen) atoms. The van der Waals surface area contributed by atoms with E-state index < -0.39 is 0 Å². The molecule has 0 unspecified atom stereocenters. The van der Waals surface area contributed by atoms with Crippen molar-refractivity contribution in [3.63, 3.8) is 0 Å². The molecule has 0 spiro atoms. The van der Waals surface area contributed by atoms with E-state index in [9.17, 15) is 9.59 Å².